The Hall–Kier alpha value is -7.05. The molecule has 1 aliphatic carbocycles. The summed E-state index contributed by atoms with van der Waals surface area (Å²) in [6.07, 6.45) is 8.07. The molecule has 0 amide bonds. The Bertz CT molecular complexity index is 3100. The van der Waals surface area contributed by atoms with Crippen molar-refractivity contribution in [2.45, 2.75) is 46.0 Å². The Morgan fingerprint density at radius 1 is 0.625 bits per heavy atom. The second kappa shape index (κ2) is 19.1. The van der Waals surface area contributed by atoms with E-state index in [0.717, 1.165) is 31.2 Å². The predicted octanol–water partition coefficient (Wildman–Crippen LogP) is 11.7. The van der Waals surface area contributed by atoms with Crippen LogP contribution < -0.4 is 25.6 Å². The largest absolute Gasteiger partial charge is 0.504 e. The minimum atomic E-state index is 0.0352. The monoisotopic (exact) mass is 842 g/mol. The Labute approximate surface area is 377 Å². The van der Waals surface area contributed by atoms with E-state index in [2.05, 4.69) is 187 Å². The Balaban J connectivity index is 1.14. The second-order valence-electron chi connectivity index (χ2n) is 17.2. The van der Waals surface area contributed by atoms with Crippen molar-refractivity contribution in [1.82, 2.24) is 0 Å². The molecule has 8 aromatic carbocycles. The van der Waals surface area contributed by atoms with Gasteiger partial charge in [0.05, 0.1) is 0 Å². The van der Waals surface area contributed by atoms with E-state index in [-0.39, 0.29) is 11.5 Å². The molecule has 64 heavy (non-hydrogen) atoms. The SMILES string of the molecule is CCN(CCc1cccc2ccccc12)c1c(O)c(N(C)CCc2cccc3ccccc23)c(NCCC2=c3ccccc3=CCC2C)c(O)c1N=CCc1cccc2ccccc12. The van der Waals surface area contributed by atoms with Crippen LogP contribution in [0.15, 0.2) is 157 Å². The van der Waals surface area contributed by atoms with Crippen LogP contribution >= 0.6 is 0 Å². The molecule has 0 aromatic heterocycles. The normalized spacial score (nSPS) is 13.7. The maximum atomic E-state index is 12.9. The zero-order valence-corrected chi connectivity index (χ0v) is 37.3. The molecular formula is C58H58N4O2. The van der Waals surface area contributed by atoms with Gasteiger partial charge in [0, 0.05) is 45.9 Å². The summed E-state index contributed by atoms with van der Waals surface area (Å²) in [5.74, 6) is 0.544. The van der Waals surface area contributed by atoms with Gasteiger partial charge in [-0.1, -0.05) is 170 Å². The number of benzene rings is 8. The third-order valence-corrected chi connectivity index (χ3v) is 13.3. The van der Waals surface area contributed by atoms with E-state index in [9.17, 15) is 10.2 Å². The lowest BCUT2D eigenvalue weighted by Crippen LogP contribution is -2.32. The Kier molecular flexibility index (Phi) is 12.6. The fraction of sp³-hybridized carbons (Fsp3) is 0.224. The van der Waals surface area contributed by atoms with Gasteiger partial charge in [-0.05, 0) is 98.0 Å². The molecule has 8 aromatic rings. The van der Waals surface area contributed by atoms with Crippen LogP contribution in [0.1, 0.15) is 43.4 Å². The molecule has 0 aliphatic heterocycles. The summed E-state index contributed by atoms with van der Waals surface area (Å²) >= 11 is 0. The van der Waals surface area contributed by atoms with Crippen molar-refractivity contribution >= 4 is 72.9 Å². The van der Waals surface area contributed by atoms with Gasteiger partial charge >= 0.3 is 0 Å². The number of nitrogens with zero attached hydrogens (tertiary/aromatic N) is 3. The van der Waals surface area contributed by atoms with Crippen LogP contribution in [-0.2, 0) is 19.3 Å². The molecule has 0 bridgehead atoms. The molecule has 0 spiro atoms. The molecule has 3 N–H and O–H groups in total. The zero-order chi connectivity index (χ0) is 44.0. The van der Waals surface area contributed by atoms with Crippen LogP contribution in [-0.4, -0.2) is 49.7 Å². The molecule has 1 aliphatic rings. The highest BCUT2D eigenvalue weighted by Gasteiger charge is 2.29. The molecular weight excluding hydrogens is 785 g/mol. The lowest BCUT2D eigenvalue weighted by molar-refractivity contribution is 0.462. The number of hydrogen-bond acceptors (Lipinski definition) is 6. The maximum absolute atomic E-state index is 12.9. The summed E-state index contributed by atoms with van der Waals surface area (Å²) in [5.41, 5.74) is 6.98. The van der Waals surface area contributed by atoms with Crippen LogP contribution in [0.3, 0.4) is 0 Å². The fourth-order valence-corrected chi connectivity index (χ4v) is 9.84. The van der Waals surface area contributed by atoms with E-state index in [1.54, 1.807) is 0 Å². The van der Waals surface area contributed by atoms with Gasteiger partial charge < -0.3 is 25.3 Å². The minimum Gasteiger partial charge on any atom is -0.504 e. The summed E-state index contributed by atoms with van der Waals surface area (Å²) in [4.78, 5) is 9.41. The minimum absolute atomic E-state index is 0.0352. The number of phenols is 2. The topological polar surface area (TPSA) is 71.3 Å². The number of likely N-dealkylation sites (N-methyl/N-ethyl adjacent to an activating group) is 2. The first-order chi connectivity index (χ1) is 31.4. The molecule has 0 fully saturated rings. The molecule has 6 heteroatoms. The first-order valence-electron chi connectivity index (χ1n) is 22.9. The predicted molar refractivity (Wildman–Crippen MR) is 272 cm³/mol. The van der Waals surface area contributed by atoms with Gasteiger partial charge in [0.2, 0.25) is 0 Å². The lowest BCUT2D eigenvalue weighted by Gasteiger charge is -2.32. The van der Waals surface area contributed by atoms with Crippen molar-refractivity contribution in [1.29, 1.82) is 0 Å². The first kappa shape index (κ1) is 42.3. The van der Waals surface area contributed by atoms with E-state index in [1.807, 2.05) is 13.3 Å². The van der Waals surface area contributed by atoms with Gasteiger partial charge in [0.15, 0.2) is 11.5 Å². The molecule has 6 nitrogen and oxygen atoms in total. The van der Waals surface area contributed by atoms with Crippen molar-refractivity contribution in [2.24, 2.45) is 10.9 Å². The standard InChI is InChI=1S/C58H58N4O2/c1-4-62(39-35-47-25-15-22-43-18-7-11-28-51(43)47)56-54(59-36-32-45-23-13-20-41-16-5-9-26-49(41)45)57(63)53(60-37-33-48-40(2)30-31-44-19-8-12-29-52(44)48)55(58(56)64)61(3)38-34-46-24-14-21-42-17-6-10-27-50(42)46/h5-29,31,36,40,60,63-64H,4,30,32-35,37-39H2,1-3H3. The molecule has 9 rings (SSSR count). The van der Waals surface area contributed by atoms with Crippen molar-refractivity contribution in [3.8, 4) is 11.5 Å². The Morgan fingerprint density at radius 3 is 1.81 bits per heavy atom. The third kappa shape index (κ3) is 8.65. The number of hydrogen-bond donors (Lipinski definition) is 3. The van der Waals surface area contributed by atoms with Crippen LogP contribution in [0.5, 0.6) is 11.5 Å². The third-order valence-electron chi connectivity index (χ3n) is 13.3. The molecule has 0 saturated heterocycles. The number of rotatable bonds is 16. The van der Waals surface area contributed by atoms with Gasteiger partial charge in [-0.25, -0.2) is 0 Å². The number of aliphatic imine (C=N–C) groups is 1. The second-order valence-corrected chi connectivity index (χ2v) is 17.2. The molecule has 1 atom stereocenters. The summed E-state index contributed by atoms with van der Waals surface area (Å²) in [6, 6.07) is 53.3. The maximum Gasteiger partial charge on any atom is 0.169 e. The first-order valence-corrected chi connectivity index (χ1v) is 22.9. The highest BCUT2D eigenvalue weighted by Crippen LogP contribution is 2.55. The highest BCUT2D eigenvalue weighted by molar-refractivity contribution is 5.99. The lowest BCUT2D eigenvalue weighted by atomic mass is 9.88. The summed E-state index contributed by atoms with van der Waals surface area (Å²) in [5, 5.41) is 39.2. The van der Waals surface area contributed by atoms with Crippen molar-refractivity contribution in [2.75, 3.05) is 48.3 Å². The zero-order valence-electron chi connectivity index (χ0n) is 37.3. The summed E-state index contributed by atoms with van der Waals surface area (Å²) in [6.45, 7) is 6.80. The molecule has 0 heterocycles. The van der Waals surface area contributed by atoms with Gasteiger partial charge in [-0.2, -0.15) is 0 Å². The van der Waals surface area contributed by atoms with E-state index in [0.29, 0.717) is 61.3 Å². The fourth-order valence-electron chi connectivity index (χ4n) is 9.84. The van der Waals surface area contributed by atoms with Gasteiger partial charge in [-0.15, -0.1) is 0 Å². The van der Waals surface area contributed by atoms with Crippen LogP contribution in [0.4, 0.5) is 22.7 Å². The van der Waals surface area contributed by atoms with Crippen molar-refractivity contribution in [3.05, 3.63) is 179 Å². The molecule has 322 valence electrons. The van der Waals surface area contributed by atoms with Crippen LogP contribution in [0.25, 0.3) is 44.0 Å². The smallest absolute Gasteiger partial charge is 0.169 e. The van der Waals surface area contributed by atoms with E-state index >= 15 is 0 Å². The average Bonchev–Trinajstić information content (AvgIpc) is 3.33. The quantitative estimate of drug-likeness (QED) is 0.0513. The highest BCUT2D eigenvalue weighted by atomic mass is 16.3. The number of aromatic hydroxyl groups is 2. The van der Waals surface area contributed by atoms with E-state index in [4.69, 9.17) is 4.99 Å². The number of nitrogens with one attached hydrogen (secondary N) is 1. The average molecular weight is 843 g/mol. The number of fused-ring (bicyclic) bond motifs is 4. The molecule has 0 radical (unpaired) electrons. The van der Waals surface area contributed by atoms with Crippen molar-refractivity contribution in [3.63, 3.8) is 0 Å². The van der Waals surface area contributed by atoms with Crippen LogP contribution in [0.2, 0.25) is 0 Å². The van der Waals surface area contributed by atoms with Gasteiger partial charge in [0.25, 0.3) is 0 Å². The van der Waals surface area contributed by atoms with E-state index < -0.39 is 0 Å². The molecule has 0 saturated carbocycles. The Morgan fingerprint density at radius 2 is 1.17 bits per heavy atom. The number of phenolic OH excluding ortho intramolecular Hbond substituents is 2. The van der Waals surface area contributed by atoms with Crippen LogP contribution in [0, 0.1) is 5.92 Å². The molecule has 1 unspecified atom stereocenters. The van der Waals surface area contributed by atoms with Crippen molar-refractivity contribution < 1.29 is 10.2 Å². The summed E-state index contributed by atoms with van der Waals surface area (Å²) in [7, 11) is 2.02. The van der Waals surface area contributed by atoms with Gasteiger partial charge in [0.1, 0.15) is 22.7 Å². The van der Waals surface area contributed by atoms with E-state index in [1.165, 1.54) is 59.5 Å². The number of anilines is 3. The summed E-state index contributed by atoms with van der Waals surface area (Å²) < 4.78 is 0. The van der Waals surface area contributed by atoms with Gasteiger partial charge in [-0.3, -0.25) is 4.99 Å².